The summed E-state index contributed by atoms with van der Waals surface area (Å²) in [5.74, 6) is 3.43. The zero-order chi connectivity index (χ0) is 10.9. The number of hydrogen-bond acceptors (Lipinski definition) is 3. The first-order valence-electron chi connectivity index (χ1n) is 5.88. The Morgan fingerprint density at radius 3 is 2.80 bits per heavy atom. The van der Waals surface area contributed by atoms with Crippen LogP contribution in [0, 0.1) is 5.92 Å². The van der Waals surface area contributed by atoms with Crippen LogP contribution in [0.25, 0.3) is 0 Å². The Bertz CT molecular complexity index is 181. The van der Waals surface area contributed by atoms with Gasteiger partial charge in [-0.3, -0.25) is 4.79 Å². The molecule has 0 spiro atoms. The molecule has 0 saturated carbocycles. The largest absolute Gasteiger partial charge is 0.356 e. The summed E-state index contributed by atoms with van der Waals surface area (Å²) in [5, 5.41) is 6.18. The standard InChI is InChI=1S/C11H22N2OS/c1-2-12-6-3-11(14)13-9-10-4-7-15-8-5-10/h10,12H,2-9H2,1H3,(H,13,14). The third-order valence-electron chi connectivity index (χ3n) is 2.71. The summed E-state index contributed by atoms with van der Waals surface area (Å²) >= 11 is 2.03. The minimum absolute atomic E-state index is 0.189. The average Bonchev–Trinajstić information content (AvgIpc) is 2.28. The molecule has 1 aliphatic heterocycles. The van der Waals surface area contributed by atoms with Gasteiger partial charge in [0.05, 0.1) is 0 Å². The van der Waals surface area contributed by atoms with E-state index in [1.54, 1.807) is 0 Å². The van der Waals surface area contributed by atoms with E-state index in [4.69, 9.17) is 0 Å². The van der Waals surface area contributed by atoms with Gasteiger partial charge < -0.3 is 10.6 Å². The summed E-state index contributed by atoms with van der Waals surface area (Å²) < 4.78 is 0. The second kappa shape index (κ2) is 7.99. The molecular weight excluding hydrogens is 208 g/mol. The number of thioether (sulfide) groups is 1. The first-order valence-corrected chi connectivity index (χ1v) is 7.03. The van der Waals surface area contributed by atoms with Crippen LogP contribution in [0.4, 0.5) is 0 Å². The van der Waals surface area contributed by atoms with E-state index in [1.807, 2.05) is 11.8 Å². The lowest BCUT2D eigenvalue weighted by Crippen LogP contribution is -2.32. The second-order valence-electron chi connectivity index (χ2n) is 3.96. The van der Waals surface area contributed by atoms with Crippen LogP contribution < -0.4 is 10.6 Å². The van der Waals surface area contributed by atoms with Gasteiger partial charge in [-0.05, 0) is 36.8 Å². The van der Waals surface area contributed by atoms with Crippen molar-refractivity contribution in [3.05, 3.63) is 0 Å². The van der Waals surface area contributed by atoms with Crippen molar-refractivity contribution >= 4 is 17.7 Å². The van der Waals surface area contributed by atoms with E-state index in [0.717, 1.165) is 19.6 Å². The fourth-order valence-electron chi connectivity index (χ4n) is 1.68. The second-order valence-corrected chi connectivity index (χ2v) is 5.19. The molecule has 1 amide bonds. The highest BCUT2D eigenvalue weighted by Gasteiger charge is 2.14. The maximum absolute atomic E-state index is 11.4. The molecule has 4 heteroatoms. The zero-order valence-corrected chi connectivity index (χ0v) is 10.4. The summed E-state index contributed by atoms with van der Waals surface area (Å²) in [5.41, 5.74) is 0. The fraction of sp³-hybridized carbons (Fsp3) is 0.909. The molecule has 15 heavy (non-hydrogen) atoms. The van der Waals surface area contributed by atoms with Gasteiger partial charge in [0.15, 0.2) is 0 Å². The van der Waals surface area contributed by atoms with Crippen molar-refractivity contribution in [1.82, 2.24) is 10.6 Å². The fourth-order valence-corrected chi connectivity index (χ4v) is 2.88. The van der Waals surface area contributed by atoms with Gasteiger partial charge in [0.1, 0.15) is 0 Å². The summed E-state index contributed by atoms with van der Waals surface area (Å²) in [7, 11) is 0. The predicted octanol–water partition coefficient (Wildman–Crippen LogP) is 1.25. The molecule has 0 radical (unpaired) electrons. The van der Waals surface area contributed by atoms with Crippen LogP contribution in [0.5, 0.6) is 0 Å². The van der Waals surface area contributed by atoms with E-state index >= 15 is 0 Å². The van der Waals surface area contributed by atoms with E-state index in [-0.39, 0.29) is 5.91 Å². The Balaban J connectivity index is 2.00. The van der Waals surface area contributed by atoms with Crippen molar-refractivity contribution in [3.8, 4) is 0 Å². The van der Waals surface area contributed by atoms with Crippen molar-refractivity contribution in [2.75, 3.05) is 31.1 Å². The van der Waals surface area contributed by atoms with Gasteiger partial charge in [-0.1, -0.05) is 6.92 Å². The molecule has 0 aromatic rings. The van der Waals surface area contributed by atoms with Gasteiger partial charge in [0.2, 0.25) is 5.91 Å². The molecule has 1 rings (SSSR count). The monoisotopic (exact) mass is 230 g/mol. The van der Waals surface area contributed by atoms with Crippen LogP contribution in [0.3, 0.4) is 0 Å². The molecule has 1 saturated heterocycles. The van der Waals surface area contributed by atoms with Crippen molar-refractivity contribution in [2.45, 2.75) is 26.2 Å². The molecule has 1 fully saturated rings. The van der Waals surface area contributed by atoms with Gasteiger partial charge in [0, 0.05) is 19.5 Å². The minimum atomic E-state index is 0.189. The number of hydrogen-bond donors (Lipinski definition) is 2. The maximum Gasteiger partial charge on any atom is 0.221 e. The number of carbonyl (C=O) groups is 1. The Labute approximate surface area is 96.8 Å². The van der Waals surface area contributed by atoms with Gasteiger partial charge in [-0.25, -0.2) is 0 Å². The van der Waals surface area contributed by atoms with Crippen molar-refractivity contribution in [2.24, 2.45) is 5.92 Å². The van der Waals surface area contributed by atoms with Gasteiger partial charge in [-0.2, -0.15) is 11.8 Å². The summed E-state index contributed by atoms with van der Waals surface area (Å²) in [6.07, 6.45) is 3.13. The predicted molar refractivity (Wildman–Crippen MR) is 66.2 cm³/mol. The van der Waals surface area contributed by atoms with Crippen LogP contribution in [0.15, 0.2) is 0 Å². The van der Waals surface area contributed by atoms with Crippen molar-refractivity contribution in [3.63, 3.8) is 0 Å². The Morgan fingerprint density at radius 2 is 2.13 bits per heavy atom. The highest BCUT2D eigenvalue weighted by atomic mass is 32.2. The van der Waals surface area contributed by atoms with E-state index in [9.17, 15) is 4.79 Å². The number of amides is 1. The number of nitrogens with one attached hydrogen (secondary N) is 2. The lowest BCUT2D eigenvalue weighted by atomic mass is 10.0. The van der Waals surface area contributed by atoms with Gasteiger partial charge in [0.25, 0.3) is 0 Å². The van der Waals surface area contributed by atoms with Crippen LogP contribution in [0.1, 0.15) is 26.2 Å². The normalized spacial score (nSPS) is 17.7. The lowest BCUT2D eigenvalue weighted by molar-refractivity contribution is -0.121. The Morgan fingerprint density at radius 1 is 1.40 bits per heavy atom. The van der Waals surface area contributed by atoms with Crippen LogP contribution in [0.2, 0.25) is 0 Å². The quantitative estimate of drug-likeness (QED) is 0.675. The van der Waals surface area contributed by atoms with Crippen LogP contribution >= 0.6 is 11.8 Å². The Hall–Kier alpha value is -0.220. The molecule has 0 bridgehead atoms. The minimum Gasteiger partial charge on any atom is -0.356 e. The van der Waals surface area contributed by atoms with E-state index in [0.29, 0.717) is 12.3 Å². The van der Waals surface area contributed by atoms with Crippen LogP contribution in [-0.4, -0.2) is 37.0 Å². The van der Waals surface area contributed by atoms with Crippen molar-refractivity contribution in [1.29, 1.82) is 0 Å². The third kappa shape index (κ3) is 6.05. The van der Waals surface area contributed by atoms with Gasteiger partial charge in [-0.15, -0.1) is 0 Å². The molecular formula is C11H22N2OS. The molecule has 0 aromatic carbocycles. The lowest BCUT2D eigenvalue weighted by Gasteiger charge is -2.21. The summed E-state index contributed by atoms with van der Waals surface area (Å²) in [4.78, 5) is 11.4. The number of rotatable bonds is 6. The first kappa shape index (κ1) is 12.8. The molecule has 0 aromatic heterocycles. The Kier molecular flexibility index (Phi) is 6.85. The summed E-state index contributed by atoms with van der Waals surface area (Å²) in [6, 6.07) is 0. The SMILES string of the molecule is CCNCCC(=O)NCC1CCSCC1. The molecule has 0 atom stereocenters. The molecule has 0 aliphatic carbocycles. The summed E-state index contributed by atoms with van der Waals surface area (Å²) in [6.45, 7) is 4.67. The topological polar surface area (TPSA) is 41.1 Å². The van der Waals surface area contributed by atoms with E-state index in [2.05, 4.69) is 17.6 Å². The maximum atomic E-state index is 11.4. The molecule has 1 heterocycles. The molecule has 3 nitrogen and oxygen atoms in total. The zero-order valence-electron chi connectivity index (χ0n) is 9.55. The third-order valence-corrected chi connectivity index (χ3v) is 3.76. The highest BCUT2D eigenvalue weighted by Crippen LogP contribution is 2.21. The smallest absolute Gasteiger partial charge is 0.221 e. The first-order chi connectivity index (χ1) is 7.33. The molecule has 0 unspecified atom stereocenters. The van der Waals surface area contributed by atoms with Crippen LogP contribution in [-0.2, 0) is 4.79 Å². The van der Waals surface area contributed by atoms with E-state index in [1.165, 1.54) is 24.3 Å². The highest BCUT2D eigenvalue weighted by molar-refractivity contribution is 7.99. The van der Waals surface area contributed by atoms with E-state index < -0.39 is 0 Å². The molecule has 88 valence electrons. The number of carbonyl (C=O) groups excluding carboxylic acids is 1. The molecule has 2 N–H and O–H groups in total. The average molecular weight is 230 g/mol. The van der Waals surface area contributed by atoms with Gasteiger partial charge >= 0.3 is 0 Å². The molecule has 1 aliphatic rings. The van der Waals surface area contributed by atoms with Crippen molar-refractivity contribution < 1.29 is 4.79 Å².